The lowest BCUT2D eigenvalue weighted by Gasteiger charge is -2.35. The lowest BCUT2D eigenvalue weighted by molar-refractivity contribution is 0.0921. The van der Waals surface area contributed by atoms with Crippen LogP contribution in [0.4, 0.5) is 10.8 Å². The van der Waals surface area contributed by atoms with Crippen molar-refractivity contribution in [2.75, 3.05) is 38.1 Å². The summed E-state index contributed by atoms with van der Waals surface area (Å²) in [5.74, 6) is 1.36. The normalized spacial score (nSPS) is 21.1. The number of nitrogens with one attached hydrogen (secondary N) is 1. The first-order valence-corrected chi connectivity index (χ1v) is 13.8. The Kier molecular flexibility index (Phi) is 9.18. The van der Waals surface area contributed by atoms with Gasteiger partial charge in [-0.15, -0.1) is 11.3 Å². The van der Waals surface area contributed by atoms with Gasteiger partial charge in [-0.3, -0.25) is 4.79 Å². The number of carbonyl (C=O) groups excluding carboxylic acids is 1. The molecule has 2 fully saturated rings. The molecule has 4 rings (SSSR count). The largest absolute Gasteiger partial charge is 0.350 e. The molecule has 0 spiro atoms. The van der Waals surface area contributed by atoms with Crippen molar-refractivity contribution >= 4 is 28.1 Å². The summed E-state index contributed by atoms with van der Waals surface area (Å²) in [7, 11) is 1.99. The first kappa shape index (κ1) is 24.2. The standard InChI is InChI=1S/C27H40N4OS/c1-30(24-15-9-6-10-16-24)27-29-25(21-33-27)26(32)28-18-23-14-11-17-31(20-23)19-22-12-7-4-2-3-5-8-13-22/h6,9-10,15-16,21-23H,2-5,7-8,11-14,17-20H2,1H3,(H,28,32)/t23-/m0/s1. The van der Waals surface area contributed by atoms with E-state index in [0.717, 1.165) is 29.8 Å². The Hall–Kier alpha value is -1.92. The zero-order chi connectivity index (χ0) is 22.9. The Morgan fingerprint density at radius 3 is 2.48 bits per heavy atom. The first-order chi connectivity index (χ1) is 16.2. The van der Waals surface area contributed by atoms with Gasteiger partial charge in [-0.2, -0.15) is 0 Å². The SMILES string of the molecule is CN(c1ccccc1)c1nc(C(=O)NC[C@@H]2CCCN(CC3CCCCCCCC3)C2)cs1. The molecule has 1 aliphatic heterocycles. The Bertz CT molecular complexity index is 845. The van der Waals surface area contributed by atoms with Gasteiger partial charge >= 0.3 is 0 Å². The van der Waals surface area contributed by atoms with Gasteiger partial charge in [0.25, 0.3) is 5.91 Å². The number of nitrogens with zero attached hydrogens (tertiary/aromatic N) is 3. The van der Waals surface area contributed by atoms with Gasteiger partial charge in [0.05, 0.1) is 0 Å². The van der Waals surface area contributed by atoms with E-state index >= 15 is 0 Å². The van der Waals surface area contributed by atoms with E-state index in [1.54, 1.807) is 0 Å². The number of piperidine rings is 1. The van der Waals surface area contributed by atoms with Gasteiger partial charge in [0.15, 0.2) is 5.13 Å². The molecule has 1 aromatic heterocycles. The smallest absolute Gasteiger partial charge is 0.270 e. The van der Waals surface area contributed by atoms with E-state index in [1.165, 1.54) is 88.6 Å². The van der Waals surface area contributed by atoms with E-state index in [1.807, 2.05) is 47.7 Å². The van der Waals surface area contributed by atoms with Crippen molar-refractivity contribution in [3.05, 3.63) is 41.4 Å². The van der Waals surface area contributed by atoms with E-state index in [9.17, 15) is 4.79 Å². The van der Waals surface area contributed by atoms with Crippen LogP contribution in [0.1, 0.15) is 74.7 Å². The highest BCUT2D eigenvalue weighted by atomic mass is 32.1. The van der Waals surface area contributed by atoms with Gasteiger partial charge in [0, 0.05) is 37.7 Å². The summed E-state index contributed by atoms with van der Waals surface area (Å²) < 4.78 is 0. The number of likely N-dealkylation sites (tertiary alicyclic amines) is 1. The molecule has 1 saturated carbocycles. The first-order valence-electron chi connectivity index (χ1n) is 12.9. The molecule has 0 unspecified atom stereocenters. The number of hydrogen-bond donors (Lipinski definition) is 1. The van der Waals surface area contributed by atoms with E-state index in [0.29, 0.717) is 11.6 Å². The van der Waals surface area contributed by atoms with Crippen molar-refractivity contribution in [2.24, 2.45) is 11.8 Å². The molecule has 0 bridgehead atoms. The zero-order valence-corrected chi connectivity index (χ0v) is 21.0. The van der Waals surface area contributed by atoms with E-state index in [2.05, 4.69) is 15.2 Å². The Labute approximate surface area is 203 Å². The van der Waals surface area contributed by atoms with Gasteiger partial charge in [0.2, 0.25) is 0 Å². The van der Waals surface area contributed by atoms with Crippen LogP contribution in [0.5, 0.6) is 0 Å². The molecular weight excluding hydrogens is 428 g/mol. The Morgan fingerprint density at radius 2 is 1.73 bits per heavy atom. The number of anilines is 2. The maximum absolute atomic E-state index is 12.8. The average Bonchev–Trinajstić information content (AvgIpc) is 3.38. The summed E-state index contributed by atoms with van der Waals surface area (Å²) in [5, 5.41) is 5.88. The summed E-state index contributed by atoms with van der Waals surface area (Å²) in [4.78, 5) is 22.1. The predicted octanol–water partition coefficient (Wildman–Crippen LogP) is 6.10. The van der Waals surface area contributed by atoms with Crippen LogP contribution in [0, 0.1) is 11.8 Å². The van der Waals surface area contributed by atoms with E-state index in [-0.39, 0.29) is 5.91 Å². The fraction of sp³-hybridized carbons (Fsp3) is 0.630. The molecule has 6 heteroatoms. The summed E-state index contributed by atoms with van der Waals surface area (Å²) >= 11 is 1.51. The topological polar surface area (TPSA) is 48.5 Å². The molecule has 1 saturated heterocycles. The molecule has 1 amide bonds. The minimum atomic E-state index is -0.0487. The van der Waals surface area contributed by atoms with Crippen molar-refractivity contribution in [3.8, 4) is 0 Å². The lowest BCUT2D eigenvalue weighted by atomic mass is 9.93. The molecule has 1 atom stereocenters. The number of rotatable bonds is 7. The van der Waals surface area contributed by atoms with Crippen LogP contribution in [0.3, 0.4) is 0 Å². The average molecular weight is 469 g/mol. The number of benzene rings is 1. The molecule has 2 aromatic rings. The highest BCUT2D eigenvalue weighted by molar-refractivity contribution is 7.14. The zero-order valence-electron chi connectivity index (χ0n) is 20.2. The van der Waals surface area contributed by atoms with Gasteiger partial charge in [-0.25, -0.2) is 4.98 Å². The maximum atomic E-state index is 12.8. The quantitative estimate of drug-likeness (QED) is 0.533. The van der Waals surface area contributed by atoms with E-state index < -0.39 is 0 Å². The predicted molar refractivity (Wildman–Crippen MR) is 139 cm³/mol. The second kappa shape index (κ2) is 12.5. The second-order valence-electron chi connectivity index (χ2n) is 9.95. The van der Waals surface area contributed by atoms with Crippen LogP contribution >= 0.6 is 11.3 Å². The third-order valence-corrected chi connectivity index (χ3v) is 8.22. The summed E-state index contributed by atoms with van der Waals surface area (Å²) in [6.07, 6.45) is 13.8. The molecule has 0 radical (unpaired) electrons. The molecule has 5 nitrogen and oxygen atoms in total. The summed E-state index contributed by atoms with van der Waals surface area (Å²) in [6.45, 7) is 4.35. The van der Waals surface area contributed by atoms with Crippen molar-refractivity contribution in [1.29, 1.82) is 0 Å². The van der Waals surface area contributed by atoms with Gasteiger partial charge in [-0.1, -0.05) is 56.7 Å². The monoisotopic (exact) mass is 468 g/mol. The van der Waals surface area contributed by atoms with Gasteiger partial charge < -0.3 is 15.1 Å². The number of para-hydroxylation sites is 1. The van der Waals surface area contributed by atoms with Crippen molar-refractivity contribution in [3.63, 3.8) is 0 Å². The number of carbonyl (C=O) groups is 1. The molecule has 1 N–H and O–H groups in total. The maximum Gasteiger partial charge on any atom is 0.270 e. The van der Waals surface area contributed by atoms with E-state index in [4.69, 9.17) is 0 Å². The molecule has 180 valence electrons. The highest BCUT2D eigenvalue weighted by Crippen LogP contribution is 2.27. The van der Waals surface area contributed by atoms with Crippen molar-refractivity contribution < 1.29 is 4.79 Å². The summed E-state index contributed by atoms with van der Waals surface area (Å²) in [5.41, 5.74) is 1.59. The van der Waals surface area contributed by atoms with Gasteiger partial charge in [0.1, 0.15) is 5.69 Å². The number of thiazole rings is 1. The molecular formula is C27H40N4OS. The number of amides is 1. The third kappa shape index (κ3) is 7.28. The molecule has 2 heterocycles. The van der Waals surface area contributed by atoms with Crippen LogP contribution < -0.4 is 10.2 Å². The molecule has 2 aliphatic rings. The lowest BCUT2D eigenvalue weighted by Crippen LogP contribution is -2.42. The molecule has 1 aromatic carbocycles. The van der Waals surface area contributed by atoms with Crippen LogP contribution in [-0.2, 0) is 0 Å². The van der Waals surface area contributed by atoms with Crippen molar-refractivity contribution in [1.82, 2.24) is 15.2 Å². The van der Waals surface area contributed by atoms with Crippen LogP contribution in [0.25, 0.3) is 0 Å². The fourth-order valence-corrected chi connectivity index (χ4v) is 6.15. The Balaban J connectivity index is 1.24. The minimum absolute atomic E-state index is 0.0487. The molecule has 33 heavy (non-hydrogen) atoms. The minimum Gasteiger partial charge on any atom is -0.350 e. The van der Waals surface area contributed by atoms with Crippen LogP contribution in [0.15, 0.2) is 35.7 Å². The Morgan fingerprint density at radius 1 is 1.03 bits per heavy atom. The van der Waals surface area contributed by atoms with Crippen LogP contribution in [-0.4, -0.2) is 49.0 Å². The van der Waals surface area contributed by atoms with Crippen LogP contribution in [0.2, 0.25) is 0 Å². The van der Waals surface area contributed by atoms with Gasteiger partial charge in [-0.05, 0) is 56.2 Å². The second-order valence-corrected chi connectivity index (χ2v) is 10.8. The highest BCUT2D eigenvalue weighted by Gasteiger charge is 2.24. The number of aromatic nitrogens is 1. The number of hydrogen-bond acceptors (Lipinski definition) is 5. The molecule has 1 aliphatic carbocycles. The van der Waals surface area contributed by atoms with Crippen molar-refractivity contribution in [2.45, 2.75) is 64.2 Å². The summed E-state index contributed by atoms with van der Waals surface area (Å²) in [6, 6.07) is 10.1. The third-order valence-electron chi connectivity index (χ3n) is 7.30. The fourth-order valence-electron chi connectivity index (χ4n) is 5.36.